The minimum absolute atomic E-state index is 0.0391. The van der Waals surface area contributed by atoms with Crippen molar-refractivity contribution < 1.29 is 19.1 Å². The number of hydrogen-bond acceptors (Lipinski definition) is 4. The molecular weight excluding hydrogens is 332 g/mol. The lowest BCUT2D eigenvalue weighted by atomic mass is 9.99. The van der Waals surface area contributed by atoms with Gasteiger partial charge in [0.1, 0.15) is 12.2 Å². The fourth-order valence-electron chi connectivity index (χ4n) is 2.94. The summed E-state index contributed by atoms with van der Waals surface area (Å²) in [5, 5.41) is 0. The van der Waals surface area contributed by atoms with Crippen LogP contribution in [0.4, 0.5) is 4.79 Å². The van der Waals surface area contributed by atoms with Crippen LogP contribution in [0.1, 0.15) is 40.2 Å². The summed E-state index contributed by atoms with van der Waals surface area (Å²) in [5.74, 6) is -0.0576. The number of ether oxygens (including phenoxy) is 2. The summed E-state index contributed by atoms with van der Waals surface area (Å²) >= 11 is 0. The van der Waals surface area contributed by atoms with Crippen molar-refractivity contribution in [1.82, 2.24) is 9.80 Å². The molecule has 0 aliphatic carbocycles. The number of carbonyl (C=O) groups excluding carboxylic acids is 2. The Balaban J connectivity index is 1.85. The Morgan fingerprint density at radius 1 is 1.12 bits per heavy atom. The number of nitrogens with zero attached hydrogens (tertiary/aromatic N) is 2. The number of benzene rings is 1. The average Bonchev–Trinajstić information content (AvgIpc) is 2.53. The first-order valence-corrected chi connectivity index (χ1v) is 8.98. The topological polar surface area (TPSA) is 59.1 Å². The van der Waals surface area contributed by atoms with Gasteiger partial charge >= 0.3 is 6.09 Å². The smallest absolute Gasteiger partial charge is 0.410 e. The third-order valence-corrected chi connectivity index (χ3v) is 4.21. The van der Waals surface area contributed by atoms with E-state index in [1.807, 2.05) is 65.0 Å². The molecule has 1 aromatic rings. The lowest BCUT2D eigenvalue weighted by Gasteiger charge is -2.46. The molecule has 0 bridgehead atoms. The highest BCUT2D eigenvalue weighted by molar-refractivity contribution is 5.78. The van der Waals surface area contributed by atoms with E-state index in [0.717, 1.165) is 5.56 Å². The van der Waals surface area contributed by atoms with E-state index in [-0.39, 0.29) is 18.6 Å². The second-order valence-corrected chi connectivity index (χ2v) is 8.24. The van der Waals surface area contributed by atoms with E-state index in [0.29, 0.717) is 26.2 Å². The number of rotatable bonds is 4. The van der Waals surface area contributed by atoms with Crippen molar-refractivity contribution in [3.8, 4) is 0 Å². The van der Waals surface area contributed by atoms with Gasteiger partial charge in [-0.15, -0.1) is 0 Å². The maximum Gasteiger partial charge on any atom is 0.410 e. The molecular formula is C20H30N2O4. The van der Waals surface area contributed by atoms with Gasteiger partial charge in [-0.1, -0.05) is 30.3 Å². The largest absolute Gasteiger partial charge is 0.444 e. The molecule has 6 nitrogen and oxygen atoms in total. The van der Waals surface area contributed by atoms with Crippen LogP contribution in [-0.2, 0) is 20.9 Å². The monoisotopic (exact) mass is 362 g/mol. The first-order chi connectivity index (χ1) is 12.1. The molecule has 0 unspecified atom stereocenters. The summed E-state index contributed by atoms with van der Waals surface area (Å²) < 4.78 is 11.0. The Bertz CT molecular complexity index is 622. The van der Waals surface area contributed by atoms with Crippen molar-refractivity contribution in [1.29, 1.82) is 0 Å². The van der Waals surface area contributed by atoms with Gasteiger partial charge in [0.25, 0.3) is 0 Å². The second-order valence-electron chi connectivity index (χ2n) is 8.24. The summed E-state index contributed by atoms with van der Waals surface area (Å²) in [6, 6.07) is 9.76. The second kappa shape index (κ2) is 8.08. The predicted octanol–water partition coefficient (Wildman–Crippen LogP) is 3.06. The zero-order chi connectivity index (χ0) is 19.4. The zero-order valence-electron chi connectivity index (χ0n) is 16.4. The van der Waals surface area contributed by atoms with Gasteiger partial charge in [0.2, 0.25) is 5.91 Å². The Hall–Kier alpha value is -2.08. The molecule has 6 heteroatoms. The highest BCUT2D eigenvalue weighted by Gasteiger charge is 2.40. The van der Waals surface area contributed by atoms with Crippen LogP contribution in [-0.4, -0.2) is 59.2 Å². The molecule has 0 saturated carbocycles. The average molecular weight is 362 g/mol. The van der Waals surface area contributed by atoms with E-state index in [2.05, 4.69) is 0 Å². The fraction of sp³-hybridized carbons (Fsp3) is 0.600. The number of amides is 2. The molecule has 2 amide bonds. The fourth-order valence-corrected chi connectivity index (χ4v) is 2.94. The van der Waals surface area contributed by atoms with E-state index in [9.17, 15) is 9.59 Å². The van der Waals surface area contributed by atoms with Crippen LogP contribution in [0.3, 0.4) is 0 Å². The van der Waals surface area contributed by atoms with E-state index >= 15 is 0 Å². The van der Waals surface area contributed by atoms with Gasteiger partial charge in [-0.05, 0) is 40.2 Å². The van der Waals surface area contributed by atoms with Crippen LogP contribution in [0.25, 0.3) is 0 Å². The van der Waals surface area contributed by atoms with E-state index in [4.69, 9.17) is 9.47 Å². The van der Waals surface area contributed by atoms with Crippen molar-refractivity contribution in [3.05, 3.63) is 35.9 Å². The van der Waals surface area contributed by atoms with Gasteiger partial charge in [0, 0.05) is 19.6 Å². The molecule has 1 aliphatic heterocycles. The Labute approximate surface area is 156 Å². The molecule has 1 heterocycles. The molecule has 144 valence electrons. The van der Waals surface area contributed by atoms with Gasteiger partial charge in [0.05, 0.1) is 12.1 Å². The summed E-state index contributed by atoms with van der Waals surface area (Å²) in [4.78, 5) is 28.3. The summed E-state index contributed by atoms with van der Waals surface area (Å²) in [7, 11) is 0. The lowest BCUT2D eigenvalue weighted by molar-refractivity contribution is -0.141. The number of piperazine rings is 1. The summed E-state index contributed by atoms with van der Waals surface area (Å²) in [6.07, 6.45) is -0.338. The molecule has 1 aromatic carbocycles. The Kier molecular flexibility index (Phi) is 6.29. The molecule has 26 heavy (non-hydrogen) atoms. The Morgan fingerprint density at radius 2 is 1.77 bits per heavy atom. The minimum atomic E-state index is -0.536. The standard InChI is InChI=1S/C20H30N2O4/c1-19(2,3)26-18(24)22-12-11-21(15-20(22,4)5)17(23)14-25-13-16-9-7-6-8-10-16/h6-10H,11-15H2,1-5H3. The summed E-state index contributed by atoms with van der Waals surface area (Å²) in [5.41, 5.74) is 0.0107. The van der Waals surface area contributed by atoms with Crippen molar-refractivity contribution in [3.63, 3.8) is 0 Å². The van der Waals surface area contributed by atoms with Crippen LogP contribution in [0.15, 0.2) is 30.3 Å². The van der Waals surface area contributed by atoms with Gasteiger partial charge in [-0.25, -0.2) is 4.79 Å². The highest BCUT2D eigenvalue weighted by Crippen LogP contribution is 2.24. The maximum atomic E-state index is 12.4. The van der Waals surface area contributed by atoms with E-state index < -0.39 is 11.1 Å². The van der Waals surface area contributed by atoms with Gasteiger partial charge in [-0.2, -0.15) is 0 Å². The zero-order valence-corrected chi connectivity index (χ0v) is 16.4. The van der Waals surface area contributed by atoms with Crippen LogP contribution in [0.5, 0.6) is 0 Å². The third-order valence-electron chi connectivity index (χ3n) is 4.21. The lowest BCUT2D eigenvalue weighted by Crippen LogP contribution is -2.63. The van der Waals surface area contributed by atoms with Gasteiger partial charge < -0.3 is 14.4 Å². The van der Waals surface area contributed by atoms with Crippen molar-refractivity contribution in [2.24, 2.45) is 0 Å². The van der Waals surface area contributed by atoms with Crippen molar-refractivity contribution in [2.75, 3.05) is 26.2 Å². The van der Waals surface area contributed by atoms with Crippen molar-refractivity contribution >= 4 is 12.0 Å². The van der Waals surface area contributed by atoms with E-state index in [1.54, 1.807) is 9.80 Å². The number of hydrogen-bond donors (Lipinski definition) is 0. The highest BCUT2D eigenvalue weighted by atomic mass is 16.6. The SMILES string of the molecule is CC(C)(C)OC(=O)N1CCN(C(=O)COCc2ccccc2)CC1(C)C. The minimum Gasteiger partial charge on any atom is -0.444 e. The van der Waals surface area contributed by atoms with Crippen LogP contribution in [0, 0.1) is 0 Å². The molecule has 0 spiro atoms. The first kappa shape index (κ1) is 20.2. The molecule has 1 aliphatic rings. The van der Waals surface area contributed by atoms with E-state index in [1.165, 1.54) is 0 Å². The summed E-state index contributed by atoms with van der Waals surface area (Å²) in [6.45, 7) is 11.3. The van der Waals surface area contributed by atoms with Crippen molar-refractivity contribution in [2.45, 2.75) is 52.4 Å². The van der Waals surface area contributed by atoms with Crippen LogP contribution < -0.4 is 0 Å². The van der Waals surface area contributed by atoms with Crippen LogP contribution in [0.2, 0.25) is 0 Å². The molecule has 1 saturated heterocycles. The Morgan fingerprint density at radius 3 is 2.35 bits per heavy atom. The molecule has 1 fully saturated rings. The molecule has 0 atom stereocenters. The molecule has 0 N–H and O–H groups in total. The number of carbonyl (C=O) groups is 2. The molecule has 2 rings (SSSR count). The van der Waals surface area contributed by atoms with Gasteiger partial charge in [0.15, 0.2) is 0 Å². The maximum absolute atomic E-state index is 12.4. The molecule has 0 aromatic heterocycles. The van der Waals surface area contributed by atoms with Crippen LogP contribution >= 0.6 is 0 Å². The molecule has 0 radical (unpaired) electrons. The van der Waals surface area contributed by atoms with Gasteiger partial charge in [-0.3, -0.25) is 9.69 Å². The third kappa shape index (κ3) is 5.73. The first-order valence-electron chi connectivity index (χ1n) is 8.98. The normalized spacial score (nSPS) is 17.1. The quantitative estimate of drug-likeness (QED) is 0.826. The predicted molar refractivity (Wildman–Crippen MR) is 99.7 cm³/mol.